The Labute approximate surface area is 93.0 Å². The van der Waals surface area contributed by atoms with Crippen LogP contribution in [0.3, 0.4) is 0 Å². The van der Waals surface area contributed by atoms with Crippen LogP contribution in [0.2, 0.25) is 0 Å². The third-order valence-corrected chi connectivity index (χ3v) is 3.39. The van der Waals surface area contributed by atoms with Crippen molar-refractivity contribution in [3.63, 3.8) is 0 Å². The Bertz CT molecular complexity index is 304. The summed E-state index contributed by atoms with van der Waals surface area (Å²) in [6.07, 6.45) is 5.10. The van der Waals surface area contributed by atoms with E-state index in [1.165, 1.54) is 25.1 Å². The minimum atomic E-state index is 0.682. The summed E-state index contributed by atoms with van der Waals surface area (Å²) >= 11 is 3.46. The molecule has 0 N–H and O–H groups in total. The molecule has 0 aliphatic heterocycles. The summed E-state index contributed by atoms with van der Waals surface area (Å²) in [6.45, 7) is 3.25. The predicted octanol–water partition coefficient (Wildman–Crippen LogP) is 2.85. The summed E-state index contributed by atoms with van der Waals surface area (Å²) in [7, 11) is 0. The van der Waals surface area contributed by atoms with Crippen molar-refractivity contribution in [3.8, 4) is 0 Å². The van der Waals surface area contributed by atoms with E-state index in [4.69, 9.17) is 0 Å². The maximum Gasteiger partial charge on any atom is 0.143 e. The summed E-state index contributed by atoms with van der Waals surface area (Å²) in [4.78, 5) is 0. The molecule has 1 aliphatic carbocycles. The third-order valence-electron chi connectivity index (χ3n) is 2.89. The Kier molecular flexibility index (Phi) is 3.21. The number of rotatable bonds is 4. The second kappa shape index (κ2) is 4.43. The number of hydrogen-bond donors (Lipinski definition) is 0. The lowest BCUT2D eigenvalue weighted by Crippen LogP contribution is -2.16. The Balaban J connectivity index is 2.23. The van der Waals surface area contributed by atoms with Crippen LogP contribution in [-0.2, 0) is 11.9 Å². The normalized spacial score (nSPS) is 17.0. The first-order valence-electron chi connectivity index (χ1n) is 5.34. The molecule has 0 amide bonds. The average Bonchev–Trinajstić information content (AvgIpc) is 2.47. The zero-order valence-corrected chi connectivity index (χ0v) is 10.1. The zero-order chi connectivity index (χ0) is 9.97. The highest BCUT2D eigenvalue weighted by molar-refractivity contribution is 9.08. The summed E-state index contributed by atoms with van der Waals surface area (Å²) in [5.74, 6) is 2.98. The lowest BCUT2D eigenvalue weighted by Gasteiger charge is -2.25. The second-order valence-electron chi connectivity index (χ2n) is 3.89. The Hall–Kier alpha value is -0.380. The van der Waals surface area contributed by atoms with Crippen molar-refractivity contribution in [1.82, 2.24) is 14.8 Å². The maximum atomic E-state index is 4.31. The van der Waals surface area contributed by atoms with Crippen LogP contribution >= 0.6 is 15.9 Å². The van der Waals surface area contributed by atoms with Crippen molar-refractivity contribution in [2.24, 2.45) is 0 Å². The molecule has 0 saturated heterocycles. The van der Waals surface area contributed by atoms with E-state index < -0.39 is 0 Å². The van der Waals surface area contributed by atoms with Gasteiger partial charge in [-0.25, -0.2) is 0 Å². The van der Waals surface area contributed by atoms with Gasteiger partial charge in [-0.1, -0.05) is 29.3 Å². The standard InChI is InChI=1S/C10H16BrN3/c1-2-6-14-9(7-11)12-13-10(14)8-4-3-5-8/h8H,2-7H2,1H3. The van der Waals surface area contributed by atoms with Gasteiger partial charge in [-0.05, 0) is 19.3 Å². The van der Waals surface area contributed by atoms with E-state index in [0.717, 1.165) is 24.1 Å². The van der Waals surface area contributed by atoms with Crippen LogP contribution in [0.4, 0.5) is 0 Å². The van der Waals surface area contributed by atoms with Gasteiger partial charge in [-0.3, -0.25) is 0 Å². The van der Waals surface area contributed by atoms with E-state index in [-0.39, 0.29) is 0 Å². The molecule has 1 aromatic rings. The highest BCUT2D eigenvalue weighted by atomic mass is 79.9. The molecule has 78 valence electrons. The molecule has 1 heterocycles. The Morgan fingerprint density at radius 2 is 2.21 bits per heavy atom. The molecular formula is C10H16BrN3. The summed E-state index contributed by atoms with van der Waals surface area (Å²) in [5, 5.41) is 9.35. The molecule has 1 fully saturated rings. The average molecular weight is 258 g/mol. The van der Waals surface area contributed by atoms with E-state index in [9.17, 15) is 0 Å². The number of aromatic nitrogens is 3. The molecular weight excluding hydrogens is 242 g/mol. The zero-order valence-electron chi connectivity index (χ0n) is 8.54. The minimum absolute atomic E-state index is 0.682. The smallest absolute Gasteiger partial charge is 0.143 e. The SMILES string of the molecule is CCCn1c(CBr)nnc1C1CCC1. The largest absolute Gasteiger partial charge is 0.314 e. The van der Waals surface area contributed by atoms with E-state index in [1.807, 2.05) is 0 Å². The van der Waals surface area contributed by atoms with Crippen LogP contribution in [0.15, 0.2) is 0 Å². The fourth-order valence-corrected chi connectivity index (χ4v) is 2.30. The molecule has 1 aromatic heterocycles. The molecule has 0 spiro atoms. The van der Waals surface area contributed by atoms with Crippen molar-refractivity contribution in [1.29, 1.82) is 0 Å². The first kappa shape index (κ1) is 10.1. The van der Waals surface area contributed by atoms with Gasteiger partial charge in [-0.2, -0.15) is 0 Å². The quantitative estimate of drug-likeness (QED) is 0.777. The van der Waals surface area contributed by atoms with Gasteiger partial charge >= 0.3 is 0 Å². The van der Waals surface area contributed by atoms with Gasteiger partial charge in [0.25, 0.3) is 0 Å². The van der Waals surface area contributed by atoms with Crippen LogP contribution in [0, 0.1) is 0 Å². The highest BCUT2D eigenvalue weighted by Gasteiger charge is 2.25. The Morgan fingerprint density at radius 1 is 1.43 bits per heavy atom. The van der Waals surface area contributed by atoms with Gasteiger partial charge in [0.05, 0.1) is 5.33 Å². The number of alkyl halides is 1. The van der Waals surface area contributed by atoms with Gasteiger partial charge in [-0.15, -0.1) is 10.2 Å². The molecule has 2 rings (SSSR count). The lowest BCUT2D eigenvalue weighted by atomic mass is 9.85. The van der Waals surface area contributed by atoms with Crippen molar-refractivity contribution < 1.29 is 0 Å². The first-order chi connectivity index (χ1) is 6.86. The van der Waals surface area contributed by atoms with Crippen LogP contribution in [-0.4, -0.2) is 14.8 Å². The summed E-state index contributed by atoms with van der Waals surface area (Å²) < 4.78 is 2.29. The van der Waals surface area contributed by atoms with E-state index in [2.05, 4.69) is 37.6 Å². The van der Waals surface area contributed by atoms with E-state index in [0.29, 0.717) is 5.92 Å². The van der Waals surface area contributed by atoms with Crippen molar-refractivity contribution >= 4 is 15.9 Å². The van der Waals surface area contributed by atoms with Crippen LogP contribution < -0.4 is 0 Å². The molecule has 0 unspecified atom stereocenters. The fraction of sp³-hybridized carbons (Fsp3) is 0.800. The minimum Gasteiger partial charge on any atom is -0.314 e. The Morgan fingerprint density at radius 3 is 2.71 bits per heavy atom. The van der Waals surface area contributed by atoms with Gasteiger partial charge in [0.2, 0.25) is 0 Å². The lowest BCUT2D eigenvalue weighted by molar-refractivity contribution is 0.384. The molecule has 1 aliphatic rings. The summed E-state index contributed by atoms with van der Waals surface area (Å²) in [6, 6.07) is 0. The molecule has 1 saturated carbocycles. The van der Waals surface area contributed by atoms with Crippen molar-refractivity contribution in [2.45, 2.75) is 50.4 Å². The van der Waals surface area contributed by atoms with Crippen molar-refractivity contribution in [2.75, 3.05) is 0 Å². The third kappa shape index (κ3) is 1.72. The fourth-order valence-electron chi connectivity index (χ4n) is 1.88. The number of hydrogen-bond acceptors (Lipinski definition) is 2. The van der Waals surface area contributed by atoms with Gasteiger partial charge in [0.15, 0.2) is 0 Å². The predicted molar refractivity (Wildman–Crippen MR) is 59.5 cm³/mol. The molecule has 0 bridgehead atoms. The topological polar surface area (TPSA) is 30.7 Å². The molecule has 0 radical (unpaired) electrons. The second-order valence-corrected chi connectivity index (χ2v) is 4.45. The monoisotopic (exact) mass is 257 g/mol. The molecule has 0 aromatic carbocycles. The van der Waals surface area contributed by atoms with E-state index in [1.54, 1.807) is 0 Å². The molecule has 3 nitrogen and oxygen atoms in total. The van der Waals surface area contributed by atoms with Gasteiger partial charge in [0, 0.05) is 12.5 Å². The highest BCUT2D eigenvalue weighted by Crippen LogP contribution is 2.35. The van der Waals surface area contributed by atoms with Crippen LogP contribution in [0.25, 0.3) is 0 Å². The number of nitrogens with zero attached hydrogens (tertiary/aromatic N) is 3. The summed E-state index contributed by atoms with van der Waals surface area (Å²) in [5.41, 5.74) is 0. The number of halogens is 1. The van der Waals surface area contributed by atoms with Crippen LogP contribution in [0.1, 0.15) is 50.2 Å². The van der Waals surface area contributed by atoms with Crippen molar-refractivity contribution in [3.05, 3.63) is 11.6 Å². The van der Waals surface area contributed by atoms with Crippen LogP contribution in [0.5, 0.6) is 0 Å². The molecule has 4 heteroatoms. The molecule has 0 atom stereocenters. The molecule has 14 heavy (non-hydrogen) atoms. The van der Waals surface area contributed by atoms with E-state index >= 15 is 0 Å². The maximum absolute atomic E-state index is 4.31. The van der Waals surface area contributed by atoms with Gasteiger partial charge in [0.1, 0.15) is 11.6 Å². The first-order valence-corrected chi connectivity index (χ1v) is 6.47. The van der Waals surface area contributed by atoms with Gasteiger partial charge < -0.3 is 4.57 Å².